The van der Waals surface area contributed by atoms with Crippen molar-refractivity contribution in [2.24, 2.45) is 0 Å². The molecule has 0 amide bonds. The molecule has 0 radical (unpaired) electrons. The summed E-state index contributed by atoms with van der Waals surface area (Å²) >= 11 is 0. The van der Waals surface area contributed by atoms with Crippen LogP contribution in [0.5, 0.6) is 0 Å². The van der Waals surface area contributed by atoms with E-state index in [1.807, 2.05) is 25.7 Å². The molecule has 1 fully saturated rings. The molecule has 1 saturated heterocycles. The second-order valence-corrected chi connectivity index (χ2v) is 8.81. The number of aromatic nitrogens is 4. The lowest BCUT2D eigenvalue weighted by molar-refractivity contribution is -0.141. The van der Waals surface area contributed by atoms with E-state index in [1.165, 1.54) is 6.20 Å². The van der Waals surface area contributed by atoms with Gasteiger partial charge in [-0.15, -0.1) is 0 Å². The predicted molar refractivity (Wildman–Crippen MR) is 112 cm³/mol. The Bertz CT molecular complexity index is 897. The molecule has 1 aliphatic heterocycles. The zero-order valence-corrected chi connectivity index (χ0v) is 18.2. The molecule has 2 aromatic heterocycles. The minimum Gasteiger partial charge on any atom is -0.354 e. The number of nitrogens with zero attached hydrogens (tertiary/aromatic N) is 6. The van der Waals surface area contributed by atoms with E-state index in [4.69, 9.17) is 0 Å². The molecule has 7 nitrogen and oxygen atoms in total. The number of alkyl halides is 3. The van der Waals surface area contributed by atoms with E-state index in [1.54, 1.807) is 16.8 Å². The number of aryl methyl sites for hydroxylation is 1. The molecular formula is C21H29F3N6O. The van der Waals surface area contributed by atoms with Crippen molar-refractivity contribution < 1.29 is 13.2 Å². The second-order valence-electron chi connectivity index (χ2n) is 8.81. The van der Waals surface area contributed by atoms with Crippen LogP contribution >= 0.6 is 0 Å². The van der Waals surface area contributed by atoms with Gasteiger partial charge in [-0.05, 0) is 25.5 Å². The van der Waals surface area contributed by atoms with Crippen LogP contribution in [0.2, 0.25) is 0 Å². The fourth-order valence-electron chi connectivity index (χ4n) is 3.45. The third-order valence-electron chi connectivity index (χ3n) is 5.28. The summed E-state index contributed by atoms with van der Waals surface area (Å²) in [7, 11) is 0. The molecule has 0 N–H and O–H groups in total. The molecule has 170 valence electrons. The first-order valence-corrected chi connectivity index (χ1v) is 10.5. The van der Waals surface area contributed by atoms with E-state index < -0.39 is 17.3 Å². The summed E-state index contributed by atoms with van der Waals surface area (Å²) in [5.41, 5.74) is -1.71. The van der Waals surface area contributed by atoms with Crippen molar-refractivity contribution in [3.05, 3.63) is 46.5 Å². The SMILES string of the molecule is CC(C)(C)c1nc(N2CCN(CCCCn3cccnc3=O)CC2)cc(C(F)(F)F)n1. The van der Waals surface area contributed by atoms with Crippen molar-refractivity contribution in [3.8, 4) is 0 Å². The monoisotopic (exact) mass is 438 g/mol. The molecule has 0 aromatic carbocycles. The number of unbranched alkanes of at least 4 members (excludes halogenated alkanes) is 1. The minimum absolute atomic E-state index is 0.199. The topological polar surface area (TPSA) is 67.2 Å². The van der Waals surface area contributed by atoms with Crippen molar-refractivity contribution in [2.45, 2.75) is 51.7 Å². The van der Waals surface area contributed by atoms with E-state index in [0.29, 0.717) is 25.5 Å². The highest BCUT2D eigenvalue weighted by atomic mass is 19.4. The quantitative estimate of drug-likeness (QED) is 0.646. The zero-order valence-electron chi connectivity index (χ0n) is 18.2. The summed E-state index contributed by atoms with van der Waals surface area (Å²) < 4.78 is 41.6. The normalized spacial score (nSPS) is 16.0. The Hall–Kier alpha value is -2.49. The van der Waals surface area contributed by atoms with Gasteiger partial charge in [0, 0.05) is 56.6 Å². The fraction of sp³-hybridized carbons (Fsp3) is 0.619. The summed E-state index contributed by atoms with van der Waals surface area (Å²) in [6.45, 7) is 9.67. The lowest BCUT2D eigenvalue weighted by atomic mass is 9.95. The van der Waals surface area contributed by atoms with Crippen LogP contribution in [-0.4, -0.2) is 57.1 Å². The van der Waals surface area contributed by atoms with E-state index in [2.05, 4.69) is 19.9 Å². The first kappa shape index (κ1) is 23.2. The van der Waals surface area contributed by atoms with Gasteiger partial charge in [0.25, 0.3) is 0 Å². The molecule has 0 spiro atoms. The Morgan fingerprint density at radius 3 is 2.29 bits per heavy atom. The Balaban J connectivity index is 1.55. The molecule has 0 unspecified atom stereocenters. The van der Waals surface area contributed by atoms with Gasteiger partial charge in [0.1, 0.15) is 17.3 Å². The lowest BCUT2D eigenvalue weighted by Crippen LogP contribution is -2.47. The summed E-state index contributed by atoms with van der Waals surface area (Å²) in [6, 6.07) is 2.79. The maximum absolute atomic E-state index is 13.3. The summed E-state index contributed by atoms with van der Waals surface area (Å²) in [6.07, 6.45) is 0.507. The highest BCUT2D eigenvalue weighted by Crippen LogP contribution is 2.32. The Labute approximate surface area is 179 Å². The van der Waals surface area contributed by atoms with E-state index >= 15 is 0 Å². The zero-order chi connectivity index (χ0) is 22.6. The second kappa shape index (κ2) is 9.33. The standard InChI is InChI=1S/C21H29F3N6O/c1-20(2,3)18-26-16(21(22,23)24)15-17(27-18)29-13-11-28(12-14-29)8-4-5-9-30-10-6-7-25-19(30)31/h6-7,10,15H,4-5,8-9,11-14H2,1-3H3. The molecule has 3 rings (SSSR count). The smallest absolute Gasteiger partial charge is 0.354 e. The molecule has 0 aliphatic carbocycles. The van der Waals surface area contributed by atoms with Crippen molar-refractivity contribution in [1.82, 2.24) is 24.4 Å². The van der Waals surface area contributed by atoms with Crippen LogP contribution < -0.4 is 10.6 Å². The molecule has 0 bridgehead atoms. The number of hydrogen-bond donors (Lipinski definition) is 0. The van der Waals surface area contributed by atoms with Crippen LogP contribution in [0, 0.1) is 0 Å². The van der Waals surface area contributed by atoms with Gasteiger partial charge in [-0.1, -0.05) is 20.8 Å². The van der Waals surface area contributed by atoms with Crippen molar-refractivity contribution in [1.29, 1.82) is 0 Å². The third kappa shape index (κ3) is 6.25. The summed E-state index contributed by atoms with van der Waals surface area (Å²) in [5.74, 6) is 0.535. The van der Waals surface area contributed by atoms with E-state index in [9.17, 15) is 18.0 Å². The van der Waals surface area contributed by atoms with E-state index in [0.717, 1.165) is 38.5 Å². The van der Waals surface area contributed by atoms with Crippen molar-refractivity contribution in [2.75, 3.05) is 37.6 Å². The summed E-state index contributed by atoms with van der Waals surface area (Å²) in [4.78, 5) is 27.7. The molecule has 1 aliphatic rings. The van der Waals surface area contributed by atoms with Gasteiger partial charge in [0.2, 0.25) is 0 Å². The van der Waals surface area contributed by atoms with Crippen LogP contribution in [-0.2, 0) is 18.1 Å². The Morgan fingerprint density at radius 2 is 1.68 bits per heavy atom. The average Bonchev–Trinajstić information content (AvgIpc) is 2.71. The van der Waals surface area contributed by atoms with Crippen molar-refractivity contribution >= 4 is 5.82 Å². The average molecular weight is 438 g/mol. The highest BCUT2D eigenvalue weighted by molar-refractivity contribution is 5.42. The molecule has 31 heavy (non-hydrogen) atoms. The third-order valence-corrected chi connectivity index (χ3v) is 5.28. The van der Waals surface area contributed by atoms with Crippen LogP contribution in [0.25, 0.3) is 0 Å². The first-order chi connectivity index (χ1) is 14.5. The van der Waals surface area contributed by atoms with Crippen LogP contribution in [0.1, 0.15) is 45.1 Å². The molecule has 10 heteroatoms. The predicted octanol–water partition coefficient (Wildman–Crippen LogP) is 2.95. The Morgan fingerprint density at radius 1 is 1.00 bits per heavy atom. The number of hydrogen-bond acceptors (Lipinski definition) is 6. The molecular weight excluding hydrogens is 409 g/mol. The molecule has 0 atom stereocenters. The number of piperazine rings is 1. The van der Waals surface area contributed by atoms with Gasteiger partial charge in [0.15, 0.2) is 0 Å². The van der Waals surface area contributed by atoms with Crippen LogP contribution in [0.15, 0.2) is 29.3 Å². The fourth-order valence-corrected chi connectivity index (χ4v) is 3.45. The minimum atomic E-state index is -4.50. The van der Waals surface area contributed by atoms with Gasteiger partial charge >= 0.3 is 11.9 Å². The van der Waals surface area contributed by atoms with Gasteiger partial charge < -0.3 is 4.90 Å². The molecule has 3 heterocycles. The molecule has 0 saturated carbocycles. The Kier molecular flexibility index (Phi) is 6.98. The van der Waals surface area contributed by atoms with Crippen LogP contribution in [0.3, 0.4) is 0 Å². The maximum Gasteiger partial charge on any atom is 0.433 e. The van der Waals surface area contributed by atoms with Crippen LogP contribution in [0.4, 0.5) is 19.0 Å². The number of rotatable bonds is 6. The number of anilines is 1. The van der Waals surface area contributed by atoms with E-state index in [-0.39, 0.29) is 11.5 Å². The number of halogens is 3. The maximum atomic E-state index is 13.3. The van der Waals surface area contributed by atoms with Gasteiger partial charge in [-0.25, -0.2) is 19.7 Å². The van der Waals surface area contributed by atoms with Crippen molar-refractivity contribution in [3.63, 3.8) is 0 Å². The molecule has 2 aromatic rings. The van der Waals surface area contributed by atoms with Gasteiger partial charge in [0.05, 0.1) is 0 Å². The van der Waals surface area contributed by atoms with Gasteiger partial charge in [-0.2, -0.15) is 13.2 Å². The van der Waals surface area contributed by atoms with Gasteiger partial charge in [-0.3, -0.25) is 9.47 Å². The summed E-state index contributed by atoms with van der Waals surface area (Å²) in [5, 5.41) is 0. The highest BCUT2D eigenvalue weighted by Gasteiger charge is 2.35. The first-order valence-electron chi connectivity index (χ1n) is 10.5. The largest absolute Gasteiger partial charge is 0.433 e. The lowest BCUT2D eigenvalue weighted by Gasteiger charge is -2.36.